The third-order valence-corrected chi connectivity index (χ3v) is 2.53. The zero-order chi connectivity index (χ0) is 13.2. The highest BCUT2D eigenvalue weighted by Gasteiger charge is 2.23. The van der Waals surface area contributed by atoms with Crippen LogP contribution in [0, 0.1) is 17.0 Å². The van der Waals surface area contributed by atoms with Crippen molar-refractivity contribution in [3.05, 3.63) is 45.5 Å². The zero-order valence-electron chi connectivity index (χ0n) is 10.3. The van der Waals surface area contributed by atoms with Crippen LogP contribution in [0.3, 0.4) is 0 Å². The van der Waals surface area contributed by atoms with E-state index in [0.717, 1.165) is 5.57 Å². The van der Waals surface area contributed by atoms with Gasteiger partial charge in [-0.1, -0.05) is 17.7 Å². The number of nitrogens with two attached hydrogens (primary N) is 1. The topological polar surface area (TPSA) is 89.4 Å². The second-order valence-corrected chi connectivity index (χ2v) is 4.19. The number of nitro groups is 1. The third-order valence-electron chi connectivity index (χ3n) is 2.53. The Morgan fingerprint density at radius 1 is 1.61 bits per heavy atom. The first-order valence-electron chi connectivity index (χ1n) is 5.21. The molecular weight excluding hydrogens is 256 g/mol. The van der Waals surface area contributed by atoms with Gasteiger partial charge in [-0.2, -0.15) is 0 Å². The van der Waals surface area contributed by atoms with Crippen molar-refractivity contribution in [2.45, 2.75) is 26.3 Å². The molecule has 0 heterocycles. The summed E-state index contributed by atoms with van der Waals surface area (Å²) in [5, 5.41) is 20.7. The van der Waals surface area contributed by atoms with Crippen LogP contribution in [0.25, 0.3) is 0 Å². The second kappa shape index (κ2) is 6.37. The molecule has 0 fully saturated rings. The highest BCUT2D eigenvalue weighted by Crippen LogP contribution is 2.36. The van der Waals surface area contributed by atoms with E-state index >= 15 is 0 Å². The average molecular weight is 273 g/mol. The van der Waals surface area contributed by atoms with Crippen molar-refractivity contribution in [1.29, 1.82) is 0 Å². The van der Waals surface area contributed by atoms with E-state index in [1.807, 2.05) is 6.92 Å². The molecule has 5 nitrogen and oxygen atoms in total. The Hall–Kier alpha value is -1.59. The quantitative estimate of drug-likeness (QED) is 0.501. The number of phenolic OH excluding ortho intramolecular Hbond substituents is 1. The summed E-state index contributed by atoms with van der Waals surface area (Å²) >= 11 is 0. The summed E-state index contributed by atoms with van der Waals surface area (Å²) in [6.45, 7) is 7.12. The molecule has 0 spiro atoms. The summed E-state index contributed by atoms with van der Waals surface area (Å²) < 4.78 is 0. The summed E-state index contributed by atoms with van der Waals surface area (Å²) in [7, 11) is 0. The molecule has 3 N–H and O–H groups in total. The number of hydrogen-bond acceptors (Lipinski definition) is 4. The summed E-state index contributed by atoms with van der Waals surface area (Å²) in [6, 6.07) is 2.73. The van der Waals surface area contributed by atoms with Crippen LogP contribution >= 0.6 is 12.4 Å². The lowest BCUT2D eigenvalue weighted by Crippen LogP contribution is -2.11. The maximum absolute atomic E-state index is 10.8. The first kappa shape index (κ1) is 16.4. The van der Waals surface area contributed by atoms with Crippen LogP contribution < -0.4 is 5.73 Å². The molecule has 0 aromatic heterocycles. The fourth-order valence-electron chi connectivity index (χ4n) is 1.71. The molecule has 1 aromatic carbocycles. The van der Waals surface area contributed by atoms with Gasteiger partial charge in [0.25, 0.3) is 0 Å². The van der Waals surface area contributed by atoms with E-state index < -0.39 is 11.0 Å². The molecule has 6 heteroatoms. The van der Waals surface area contributed by atoms with Crippen molar-refractivity contribution in [3.8, 4) is 5.75 Å². The van der Waals surface area contributed by atoms with Crippen molar-refractivity contribution in [2.75, 3.05) is 0 Å². The number of hydrogen-bond donors (Lipinski definition) is 2. The largest absolute Gasteiger partial charge is 0.502 e. The van der Waals surface area contributed by atoms with Crippen molar-refractivity contribution in [3.63, 3.8) is 0 Å². The maximum Gasteiger partial charge on any atom is 0.313 e. The molecule has 0 amide bonds. The van der Waals surface area contributed by atoms with Gasteiger partial charge in [0.2, 0.25) is 0 Å². The molecule has 18 heavy (non-hydrogen) atoms. The first-order chi connectivity index (χ1) is 7.84. The van der Waals surface area contributed by atoms with Gasteiger partial charge in [0.1, 0.15) is 0 Å². The predicted molar refractivity (Wildman–Crippen MR) is 73.1 cm³/mol. The molecule has 0 unspecified atom stereocenters. The van der Waals surface area contributed by atoms with Crippen molar-refractivity contribution < 1.29 is 10.0 Å². The highest BCUT2D eigenvalue weighted by molar-refractivity contribution is 5.85. The number of nitrogens with zero attached hydrogens (tertiary/aromatic N) is 1. The van der Waals surface area contributed by atoms with Gasteiger partial charge in [-0.15, -0.1) is 19.0 Å². The summed E-state index contributed by atoms with van der Waals surface area (Å²) in [4.78, 5) is 10.2. The van der Waals surface area contributed by atoms with Gasteiger partial charge >= 0.3 is 5.69 Å². The fourth-order valence-corrected chi connectivity index (χ4v) is 1.71. The number of rotatable bonds is 4. The summed E-state index contributed by atoms with van der Waals surface area (Å²) in [5.74, 6) is -0.344. The molecule has 0 saturated heterocycles. The highest BCUT2D eigenvalue weighted by atomic mass is 35.5. The van der Waals surface area contributed by atoms with Crippen LogP contribution in [0.15, 0.2) is 24.3 Å². The number of nitro benzene ring substituents is 1. The van der Waals surface area contributed by atoms with Crippen LogP contribution in [0.4, 0.5) is 5.69 Å². The molecule has 1 aromatic rings. The molecule has 0 radical (unpaired) electrons. The van der Waals surface area contributed by atoms with Crippen LogP contribution in [0.1, 0.15) is 30.5 Å². The van der Waals surface area contributed by atoms with E-state index in [1.165, 1.54) is 0 Å². The SMILES string of the molecule is C=C(C)C[C@@H](N)c1ccc(C)c([N+](=O)[O-])c1O.Cl. The van der Waals surface area contributed by atoms with Crippen LogP contribution in [-0.2, 0) is 0 Å². The standard InChI is InChI=1S/C12H16N2O3.ClH/c1-7(2)6-10(13)9-5-4-8(3)11(12(9)15)14(16)17;/h4-5,10,15H,1,6,13H2,2-3H3;1H/t10-;/m1./s1. The van der Waals surface area contributed by atoms with E-state index in [2.05, 4.69) is 6.58 Å². The van der Waals surface area contributed by atoms with E-state index in [0.29, 0.717) is 17.5 Å². The summed E-state index contributed by atoms with van der Waals surface area (Å²) in [5.41, 5.74) is 7.25. The fraction of sp³-hybridized carbons (Fsp3) is 0.333. The van der Waals surface area contributed by atoms with Crippen LogP contribution in [0.2, 0.25) is 0 Å². The smallest absolute Gasteiger partial charge is 0.313 e. The monoisotopic (exact) mass is 272 g/mol. The molecular formula is C12H17ClN2O3. The lowest BCUT2D eigenvalue weighted by Gasteiger charge is -2.14. The lowest BCUT2D eigenvalue weighted by molar-refractivity contribution is -0.386. The van der Waals surface area contributed by atoms with Gasteiger partial charge < -0.3 is 10.8 Å². The van der Waals surface area contributed by atoms with Crippen LogP contribution in [0.5, 0.6) is 5.75 Å². The Labute approximate surface area is 112 Å². The van der Waals surface area contributed by atoms with E-state index in [1.54, 1.807) is 19.1 Å². The molecule has 1 rings (SSSR count). The van der Waals surface area contributed by atoms with Crippen molar-refractivity contribution in [1.82, 2.24) is 0 Å². The number of aryl methyl sites for hydroxylation is 1. The molecule has 0 saturated carbocycles. The van der Waals surface area contributed by atoms with Gasteiger partial charge in [0.05, 0.1) is 4.92 Å². The van der Waals surface area contributed by atoms with Crippen molar-refractivity contribution in [2.24, 2.45) is 5.73 Å². The molecule has 0 aliphatic carbocycles. The minimum absolute atomic E-state index is 0. The third kappa shape index (κ3) is 3.45. The second-order valence-electron chi connectivity index (χ2n) is 4.19. The molecule has 0 aliphatic rings. The number of benzene rings is 1. The summed E-state index contributed by atoms with van der Waals surface area (Å²) in [6.07, 6.45) is 0.480. The Balaban J connectivity index is 0.00000289. The van der Waals surface area contributed by atoms with E-state index in [-0.39, 0.29) is 23.8 Å². The van der Waals surface area contributed by atoms with E-state index in [4.69, 9.17) is 5.73 Å². The minimum atomic E-state index is -0.596. The van der Waals surface area contributed by atoms with Crippen LogP contribution in [-0.4, -0.2) is 10.0 Å². The van der Waals surface area contributed by atoms with E-state index in [9.17, 15) is 15.2 Å². The van der Waals surface area contributed by atoms with Gasteiger partial charge in [-0.25, -0.2) is 0 Å². The van der Waals surface area contributed by atoms with Gasteiger partial charge in [0.15, 0.2) is 5.75 Å². The predicted octanol–water partition coefficient (Wildman–Crippen LogP) is 3.00. The maximum atomic E-state index is 10.8. The Kier molecular flexibility index (Phi) is 5.81. The van der Waals surface area contributed by atoms with Gasteiger partial charge in [-0.3, -0.25) is 10.1 Å². The Morgan fingerprint density at radius 2 is 2.17 bits per heavy atom. The number of phenols is 1. The average Bonchev–Trinajstić information content (AvgIpc) is 2.15. The number of aromatic hydroxyl groups is 1. The molecule has 1 atom stereocenters. The van der Waals surface area contributed by atoms with Gasteiger partial charge in [0, 0.05) is 17.2 Å². The Morgan fingerprint density at radius 3 is 2.61 bits per heavy atom. The first-order valence-corrected chi connectivity index (χ1v) is 5.21. The zero-order valence-corrected chi connectivity index (χ0v) is 11.2. The molecule has 0 aliphatic heterocycles. The molecule has 0 bridgehead atoms. The Bertz CT molecular complexity index is 475. The molecule has 100 valence electrons. The minimum Gasteiger partial charge on any atom is -0.502 e. The van der Waals surface area contributed by atoms with Crippen molar-refractivity contribution >= 4 is 18.1 Å². The number of halogens is 1. The normalized spacial score (nSPS) is 11.5. The van der Waals surface area contributed by atoms with Gasteiger partial charge in [-0.05, 0) is 20.3 Å². The lowest BCUT2D eigenvalue weighted by atomic mass is 9.98.